The topological polar surface area (TPSA) is 56.5 Å². The normalized spacial score (nSPS) is 10.7. The summed E-state index contributed by atoms with van der Waals surface area (Å²) in [5.41, 5.74) is 2.11. The van der Waals surface area contributed by atoms with Gasteiger partial charge in [0.05, 0.1) is 12.3 Å². The first-order chi connectivity index (χ1) is 9.81. The lowest BCUT2D eigenvalue weighted by atomic mass is 10.1. The second kappa shape index (κ2) is 7.67. The number of hydrogen-bond donors (Lipinski definition) is 1. The van der Waals surface area contributed by atoms with Gasteiger partial charge < -0.3 is 19.3 Å². The highest BCUT2D eigenvalue weighted by molar-refractivity contribution is 5.27. The lowest BCUT2D eigenvalue weighted by molar-refractivity contribution is 0.202. The Morgan fingerprint density at radius 2 is 2.05 bits per heavy atom. The van der Waals surface area contributed by atoms with Crippen LogP contribution in [0.15, 0.2) is 34.9 Å². The van der Waals surface area contributed by atoms with Crippen LogP contribution in [-0.4, -0.2) is 25.9 Å². The molecule has 0 spiro atoms. The number of ether oxygens (including phenoxy) is 2. The van der Waals surface area contributed by atoms with E-state index in [0.717, 1.165) is 30.2 Å². The van der Waals surface area contributed by atoms with Gasteiger partial charge in [-0.3, -0.25) is 0 Å². The fourth-order valence-electron chi connectivity index (χ4n) is 1.81. The van der Waals surface area contributed by atoms with Gasteiger partial charge in [0.1, 0.15) is 12.4 Å². The average Bonchev–Trinajstić information content (AvgIpc) is 2.92. The van der Waals surface area contributed by atoms with Crippen LogP contribution in [0.1, 0.15) is 17.0 Å². The number of hydrogen-bond acceptors (Lipinski definition) is 5. The standard InChI is InChI=1S/C15H20N2O3/c1-16-10-13-9-15(20-17-13)11-19-14-5-3-12(4-6-14)7-8-18-2/h3-6,9,16H,7-8,10-11H2,1-2H3. The van der Waals surface area contributed by atoms with Crippen LogP contribution in [-0.2, 0) is 24.3 Å². The summed E-state index contributed by atoms with van der Waals surface area (Å²) < 4.78 is 15.9. The quantitative estimate of drug-likeness (QED) is 0.800. The fourth-order valence-corrected chi connectivity index (χ4v) is 1.81. The summed E-state index contributed by atoms with van der Waals surface area (Å²) in [6.07, 6.45) is 0.909. The van der Waals surface area contributed by atoms with Crippen molar-refractivity contribution in [2.45, 2.75) is 19.6 Å². The van der Waals surface area contributed by atoms with E-state index in [0.29, 0.717) is 13.2 Å². The largest absolute Gasteiger partial charge is 0.486 e. The molecular weight excluding hydrogens is 256 g/mol. The van der Waals surface area contributed by atoms with Crippen molar-refractivity contribution >= 4 is 0 Å². The summed E-state index contributed by atoms with van der Waals surface area (Å²) >= 11 is 0. The minimum Gasteiger partial charge on any atom is -0.486 e. The van der Waals surface area contributed by atoms with E-state index in [4.69, 9.17) is 14.0 Å². The fraction of sp³-hybridized carbons (Fsp3) is 0.400. The molecule has 0 radical (unpaired) electrons. The number of methoxy groups -OCH3 is 1. The highest BCUT2D eigenvalue weighted by Gasteiger charge is 2.04. The molecule has 0 aliphatic rings. The summed E-state index contributed by atoms with van der Waals surface area (Å²) in [7, 11) is 3.58. The molecule has 20 heavy (non-hydrogen) atoms. The minimum absolute atomic E-state index is 0.383. The van der Waals surface area contributed by atoms with Gasteiger partial charge in [0.25, 0.3) is 0 Å². The molecule has 1 heterocycles. The van der Waals surface area contributed by atoms with E-state index in [2.05, 4.69) is 10.5 Å². The zero-order chi connectivity index (χ0) is 14.2. The van der Waals surface area contributed by atoms with E-state index in [9.17, 15) is 0 Å². The van der Waals surface area contributed by atoms with E-state index in [1.807, 2.05) is 37.4 Å². The second-order valence-corrected chi connectivity index (χ2v) is 4.49. The van der Waals surface area contributed by atoms with E-state index < -0.39 is 0 Å². The van der Waals surface area contributed by atoms with Gasteiger partial charge in [0.15, 0.2) is 5.76 Å². The number of benzene rings is 1. The van der Waals surface area contributed by atoms with Gasteiger partial charge >= 0.3 is 0 Å². The van der Waals surface area contributed by atoms with Crippen molar-refractivity contribution in [2.75, 3.05) is 20.8 Å². The van der Waals surface area contributed by atoms with Crippen LogP contribution in [0.25, 0.3) is 0 Å². The minimum atomic E-state index is 0.383. The predicted molar refractivity (Wildman–Crippen MR) is 75.6 cm³/mol. The molecule has 1 N–H and O–H groups in total. The van der Waals surface area contributed by atoms with Gasteiger partial charge in [-0.25, -0.2) is 0 Å². The summed E-state index contributed by atoms with van der Waals surface area (Å²) in [6.45, 7) is 1.80. The Kier molecular flexibility index (Phi) is 5.58. The van der Waals surface area contributed by atoms with Gasteiger partial charge in [-0.2, -0.15) is 0 Å². The van der Waals surface area contributed by atoms with Crippen molar-refractivity contribution in [1.82, 2.24) is 10.5 Å². The summed E-state index contributed by atoms with van der Waals surface area (Å²) in [6, 6.07) is 9.89. The predicted octanol–water partition coefficient (Wildman–Crippen LogP) is 2.16. The number of nitrogens with zero attached hydrogens (tertiary/aromatic N) is 1. The Hall–Kier alpha value is -1.85. The van der Waals surface area contributed by atoms with Crippen molar-refractivity contribution in [1.29, 1.82) is 0 Å². The van der Waals surface area contributed by atoms with E-state index in [1.54, 1.807) is 7.11 Å². The molecular formula is C15H20N2O3. The molecule has 0 fully saturated rings. The van der Waals surface area contributed by atoms with Crippen LogP contribution >= 0.6 is 0 Å². The van der Waals surface area contributed by atoms with Crippen LogP contribution in [0.4, 0.5) is 0 Å². The van der Waals surface area contributed by atoms with Crippen LogP contribution in [0.2, 0.25) is 0 Å². The molecule has 0 bridgehead atoms. The number of rotatable bonds is 8. The molecule has 0 saturated carbocycles. The molecule has 0 aliphatic carbocycles. The van der Waals surface area contributed by atoms with Crippen molar-refractivity contribution in [3.63, 3.8) is 0 Å². The molecule has 0 amide bonds. The Morgan fingerprint density at radius 1 is 1.25 bits per heavy atom. The monoisotopic (exact) mass is 276 g/mol. The number of aromatic nitrogens is 1. The summed E-state index contributed by atoms with van der Waals surface area (Å²) in [5, 5.41) is 6.96. The molecule has 0 saturated heterocycles. The summed E-state index contributed by atoms with van der Waals surface area (Å²) in [5.74, 6) is 1.54. The lowest BCUT2D eigenvalue weighted by Crippen LogP contribution is -2.04. The van der Waals surface area contributed by atoms with Crippen LogP contribution in [0.5, 0.6) is 5.75 Å². The molecule has 0 atom stereocenters. The molecule has 0 unspecified atom stereocenters. The molecule has 1 aromatic carbocycles. The molecule has 108 valence electrons. The first kappa shape index (κ1) is 14.6. The maximum absolute atomic E-state index is 5.66. The third-order valence-corrected chi connectivity index (χ3v) is 2.86. The third kappa shape index (κ3) is 4.36. The number of nitrogens with one attached hydrogen (secondary N) is 1. The Labute approximate surface area is 118 Å². The van der Waals surface area contributed by atoms with Crippen LogP contribution in [0, 0.1) is 0 Å². The molecule has 0 aliphatic heterocycles. The molecule has 5 heteroatoms. The second-order valence-electron chi connectivity index (χ2n) is 4.49. The lowest BCUT2D eigenvalue weighted by Gasteiger charge is -2.05. The van der Waals surface area contributed by atoms with E-state index in [-0.39, 0.29) is 0 Å². The van der Waals surface area contributed by atoms with E-state index in [1.165, 1.54) is 5.56 Å². The highest BCUT2D eigenvalue weighted by atomic mass is 16.5. The van der Waals surface area contributed by atoms with Gasteiger partial charge in [0.2, 0.25) is 0 Å². The van der Waals surface area contributed by atoms with Gasteiger partial charge in [0, 0.05) is 19.7 Å². The highest BCUT2D eigenvalue weighted by Crippen LogP contribution is 2.15. The smallest absolute Gasteiger partial charge is 0.174 e. The third-order valence-electron chi connectivity index (χ3n) is 2.86. The SMILES string of the molecule is CNCc1cc(COc2ccc(CCOC)cc2)on1. The van der Waals surface area contributed by atoms with Gasteiger partial charge in [-0.15, -0.1) is 0 Å². The maximum atomic E-state index is 5.66. The van der Waals surface area contributed by atoms with Crippen molar-refractivity contribution in [3.05, 3.63) is 47.3 Å². The molecule has 2 aromatic rings. The molecule has 5 nitrogen and oxygen atoms in total. The average molecular weight is 276 g/mol. The Morgan fingerprint density at radius 3 is 2.75 bits per heavy atom. The summed E-state index contributed by atoms with van der Waals surface area (Å²) in [4.78, 5) is 0. The van der Waals surface area contributed by atoms with Gasteiger partial charge in [-0.1, -0.05) is 17.3 Å². The van der Waals surface area contributed by atoms with Crippen molar-refractivity contribution < 1.29 is 14.0 Å². The zero-order valence-electron chi connectivity index (χ0n) is 11.9. The van der Waals surface area contributed by atoms with Crippen molar-refractivity contribution in [3.8, 4) is 5.75 Å². The first-order valence-corrected chi connectivity index (χ1v) is 6.61. The van der Waals surface area contributed by atoms with Crippen LogP contribution in [0.3, 0.4) is 0 Å². The molecule has 2 rings (SSSR count). The van der Waals surface area contributed by atoms with Crippen molar-refractivity contribution in [2.24, 2.45) is 0 Å². The van der Waals surface area contributed by atoms with Gasteiger partial charge in [-0.05, 0) is 31.2 Å². The molecule has 1 aromatic heterocycles. The Balaban J connectivity index is 1.83. The van der Waals surface area contributed by atoms with Crippen LogP contribution < -0.4 is 10.1 Å². The maximum Gasteiger partial charge on any atom is 0.174 e. The first-order valence-electron chi connectivity index (χ1n) is 6.61. The Bertz CT molecular complexity index is 508. The van der Waals surface area contributed by atoms with E-state index >= 15 is 0 Å². The zero-order valence-corrected chi connectivity index (χ0v) is 11.9.